The summed E-state index contributed by atoms with van der Waals surface area (Å²) in [4.78, 5) is 25.7. The van der Waals surface area contributed by atoms with Gasteiger partial charge in [0.15, 0.2) is 5.78 Å². The first kappa shape index (κ1) is 25.8. The van der Waals surface area contributed by atoms with Crippen LogP contribution in [0.1, 0.15) is 76.7 Å². The lowest BCUT2D eigenvalue weighted by Gasteiger charge is -2.53. The van der Waals surface area contributed by atoms with Gasteiger partial charge < -0.3 is 5.73 Å². The second kappa shape index (κ2) is 9.49. The van der Waals surface area contributed by atoms with E-state index in [0.717, 1.165) is 32.1 Å². The highest BCUT2D eigenvalue weighted by Gasteiger charge is 2.58. The SMILES string of the molecule is CC1C[C@@H]2C(=C3CCC(=O)C=C31)[C@@H](c1ccc(N)cc1)C[C@]1(C)[C@@H](C(=O)CCC#CC(F)(F)F)CC[C@@H]21. The molecule has 37 heavy (non-hydrogen) atoms. The minimum atomic E-state index is -4.53. The second-order valence-electron chi connectivity index (χ2n) is 11.7. The molecular weight excluding hydrogens is 475 g/mol. The minimum Gasteiger partial charge on any atom is -0.399 e. The Morgan fingerprint density at radius 1 is 1.16 bits per heavy atom. The van der Waals surface area contributed by atoms with E-state index in [1.54, 1.807) is 0 Å². The zero-order valence-electron chi connectivity index (χ0n) is 21.5. The summed E-state index contributed by atoms with van der Waals surface area (Å²) in [6.07, 6.45) is 2.15. The number of carbonyl (C=O) groups is 2. The van der Waals surface area contributed by atoms with Gasteiger partial charge in [0.05, 0.1) is 0 Å². The minimum absolute atomic E-state index is 0.0429. The molecule has 5 rings (SSSR count). The number of fused-ring (bicyclic) bond motifs is 4. The van der Waals surface area contributed by atoms with Crippen LogP contribution in [-0.4, -0.2) is 17.7 Å². The van der Waals surface area contributed by atoms with Gasteiger partial charge in [-0.25, -0.2) is 0 Å². The van der Waals surface area contributed by atoms with E-state index < -0.39 is 6.18 Å². The molecule has 0 saturated heterocycles. The molecule has 1 unspecified atom stereocenters. The summed E-state index contributed by atoms with van der Waals surface area (Å²) in [5, 5.41) is 0. The van der Waals surface area contributed by atoms with Crippen molar-refractivity contribution in [1.29, 1.82) is 0 Å². The summed E-state index contributed by atoms with van der Waals surface area (Å²) in [5.74, 6) is 4.60. The van der Waals surface area contributed by atoms with E-state index in [1.807, 2.05) is 18.2 Å². The van der Waals surface area contributed by atoms with E-state index in [4.69, 9.17) is 5.73 Å². The van der Waals surface area contributed by atoms with Crippen LogP contribution in [0.2, 0.25) is 0 Å². The van der Waals surface area contributed by atoms with Crippen LogP contribution in [0.3, 0.4) is 0 Å². The molecule has 0 bridgehead atoms. The summed E-state index contributed by atoms with van der Waals surface area (Å²) in [6, 6.07) is 8.02. The van der Waals surface area contributed by atoms with Gasteiger partial charge >= 0.3 is 6.18 Å². The van der Waals surface area contributed by atoms with Crippen molar-refractivity contribution in [2.45, 2.75) is 77.3 Å². The molecule has 2 fully saturated rings. The van der Waals surface area contributed by atoms with Gasteiger partial charge in [-0.1, -0.05) is 37.5 Å². The van der Waals surface area contributed by atoms with Crippen LogP contribution in [0.5, 0.6) is 0 Å². The molecule has 0 spiro atoms. The summed E-state index contributed by atoms with van der Waals surface area (Å²) in [7, 11) is 0. The van der Waals surface area contributed by atoms with E-state index in [1.165, 1.54) is 28.2 Å². The van der Waals surface area contributed by atoms with Crippen LogP contribution in [0.4, 0.5) is 18.9 Å². The number of carbonyl (C=O) groups excluding carboxylic acids is 2. The summed E-state index contributed by atoms with van der Waals surface area (Å²) in [5.41, 5.74) is 11.6. The maximum Gasteiger partial charge on any atom is 0.457 e. The van der Waals surface area contributed by atoms with Crippen molar-refractivity contribution >= 4 is 17.3 Å². The summed E-state index contributed by atoms with van der Waals surface area (Å²) < 4.78 is 37.3. The van der Waals surface area contributed by atoms with Gasteiger partial charge in [-0.15, -0.1) is 0 Å². The Morgan fingerprint density at radius 2 is 1.89 bits per heavy atom. The van der Waals surface area contributed by atoms with Crippen molar-refractivity contribution in [2.24, 2.45) is 29.1 Å². The maximum absolute atomic E-state index is 13.4. The zero-order valence-corrected chi connectivity index (χ0v) is 21.5. The number of nitrogens with two attached hydrogens (primary N) is 1. The fourth-order valence-corrected chi connectivity index (χ4v) is 8.03. The van der Waals surface area contributed by atoms with Crippen LogP contribution in [-0.2, 0) is 9.59 Å². The summed E-state index contributed by atoms with van der Waals surface area (Å²) in [6.45, 7) is 4.45. The number of hydrogen-bond donors (Lipinski definition) is 1. The number of rotatable bonds is 4. The fraction of sp³-hybridized carbons (Fsp3) is 0.548. The molecule has 1 aromatic carbocycles. The molecule has 0 heterocycles. The lowest BCUT2D eigenvalue weighted by atomic mass is 9.50. The van der Waals surface area contributed by atoms with Gasteiger partial charge in [-0.2, -0.15) is 13.2 Å². The first-order chi connectivity index (χ1) is 17.5. The Morgan fingerprint density at radius 3 is 2.59 bits per heavy atom. The number of anilines is 1. The molecule has 196 valence electrons. The average Bonchev–Trinajstić information content (AvgIpc) is 3.18. The molecule has 2 N–H and O–H groups in total. The van der Waals surface area contributed by atoms with Gasteiger partial charge in [0.25, 0.3) is 0 Å². The third-order valence-corrected chi connectivity index (χ3v) is 9.54. The van der Waals surface area contributed by atoms with Crippen molar-refractivity contribution in [3.63, 3.8) is 0 Å². The normalized spacial score (nSPS) is 33.1. The molecule has 6 heteroatoms. The first-order valence-corrected chi connectivity index (χ1v) is 13.4. The van der Waals surface area contributed by atoms with Crippen LogP contribution in [0.15, 0.2) is 47.1 Å². The molecule has 1 aromatic rings. The Kier molecular flexibility index (Phi) is 6.63. The molecule has 0 aliphatic heterocycles. The highest BCUT2D eigenvalue weighted by atomic mass is 19.4. The molecule has 0 radical (unpaired) electrons. The number of benzene rings is 1. The standard InChI is InChI=1S/C31H34F3NO2/c1-18-15-24-26-12-13-27(28(37)5-3-4-14-31(32,33)34)30(26,2)17-25(19-6-8-20(35)9-7-19)29(24)22-11-10-21(36)16-23(18)22/h6-9,16,18,24-27H,3,5,10-13,15,17,35H2,1-2H3/t18?,24-,25+,26-,27+,30-/m0/s1. The largest absolute Gasteiger partial charge is 0.457 e. The molecule has 6 atom stereocenters. The zero-order chi connectivity index (χ0) is 26.5. The predicted molar refractivity (Wildman–Crippen MR) is 137 cm³/mol. The van der Waals surface area contributed by atoms with Gasteiger partial charge in [-0.05, 0) is 90.2 Å². The second-order valence-corrected chi connectivity index (χ2v) is 11.7. The molecule has 0 aromatic heterocycles. The number of allylic oxidation sites excluding steroid dienone is 4. The number of nitrogen functional groups attached to an aromatic ring is 1. The lowest BCUT2D eigenvalue weighted by Crippen LogP contribution is -2.45. The topological polar surface area (TPSA) is 60.2 Å². The Bertz CT molecular complexity index is 1230. The van der Waals surface area contributed by atoms with Gasteiger partial charge in [-0.3, -0.25) is 9.59 Å². The van der Waals surface area contributed by atoms with E-state index >= 15 is 0 Å². The van der Waals surface area contributed by atoms with Crippen LogP contribution >= 0.6 is 0 Å². The van der Waals surface area contributed by atoms with Crippen LogP contribution in [0.25, 0.3) is 0 Å². The Balaban J connectivity index is 1.52. The molecule has 2 saturated carbocycles. The molecule has 4 aliphatic rings. The monoisotopic (exact) mass is 509 g/mol. The smallest absolute Gasteiger partial charge is 0.399 e. The summed E-state index contributed by atoms with van der Waals surface area (Å²) >= 11 is 0. The van der Waals surface area contributed by atoms with Crippen molar-refractivity contribution in [3.05, 3.63) is 52.6 Å². The van der Waals surface area contributed by atoms with Crippen LogP contribution < -0.4 is 5.73 Å². The number of halogens is 3. The molecule has 4 aliphatic carbocycles. The third kappa shape index (κ3) is 4.78. The number of ketones is 2. The van der Waals surface area contributed by atoms with Crippen molar-refractivity contribution < 1.29 is 22.8 Å². The van der Waals surface area contributed by atoms with Crippen molar-refractivity contribution in [2.75, 3.05) is 5.73 Å². The highest BCUT2D eigenvalue weighted by molar-refractivity contribution is 5.93. The highest BCUT2D eigenvalue weighted by Crippen LogP contribution is 2.66. The van der Waals surface area contributed by atoms with E-state index in [2.05, 4.69) is 31.9 Å². The average molecular weight is 510 g/mol. The van der Waals surface area contributed by atoms with E-state index in [-0.39, 0.29) is 47.6 Å². The van der Waals surface area contributed by atoms with Crippen molar-refractivity contribution in [3.8, 4) is 11.8 Å². The molecular formula is C31H34F3NO2. The fourth-order valence-electron chi connectivity index (χ4n) is 8.03. The van der Waals surface area contributed by atoms with Crippen molar-refractivity contribution in [1.82, 2.24) is 0 Å². The molecule has 0 amide bonds. The number of alkyl halides is 3. The van der Waals surface area contributed by atoms with Gasteiger partial charge in [0, 0.05) is 42.7 Å². The maximum atomic E-state index is 13.4. The quantitative estimate of drug-likeness (QED) is 0.353. The van der Waals surface area contributed by atoms with E-state index in [0.29, 0.717) is 23.9 Å². The number of hydrogen-bond acceptors (Lipinski definition) is 3. The lowest BCUT2D eigenvalue weighted by molar-refractivity contribution is -0.127. The Labute approximate surface area is 216 Å². The number of Topliss-reactive ketones (excluding diaryl/α,β-unsaturated/α-hetero) is 1. The van der Waals surface area contributed by atoms with Gasteiger partial charge in [0.1, 0.15) is 5.78 Å². The third-order valence-electron chi connectivity index (χ3n) is 9.54. The first-order valence-electron chi connectivity index (χ1n) is 13.4. The van der Waals surface area contributed by atoms with Crippen LogP contribution in [0, 0.1) is 40.9 Å². The molecule has 3 nitrogen and oxygen atoms in total. The predicted octanol–water partition coefficient (Wildman–Crippen LogP) is 6.95. The Hall–Kier alpha value is -2.81. The van der Waals surface area contributed by atoms with Gasteiger partial charge in [0.2, 0.25) is 0 Å². The van der Waals surface area contributed by atoms with E-state index in [9.17, 15) is 22.8 Å².